The fourth-order valence-electron chi connectivity index (χ4n) is 1.57. The van der Waals surface area contributed by atoms with Gasteiger partial charge in [0.2, 0.25) is 0 Å². The van der Waals surface area contributed by atoms with Crippen LogP contribution in [0, 0.1) is 0 Å². The summed E-state index contributed by atoms with van der Waals surface area (Å²) in [6.45, 7) is 0. The molecule has 0 radical (unpaired) electrons. The van der Waals surface area contributed by atoms with Gasteiger partial charge in [0, 0.05) is 12.2 Å². The van der Waals surface area contributed by atoms with Gasteiger partial charge < -0.3 is 11.1 Å². The average molecular weight is 209 g/mol. The van der Waals surface area contributed by atoms with E-state index in [0.29, 0.717) is 6.04 Å². The second-order valence-electron chi connectivity index (χ2n) is 3.47. The van der Waals surface area contributed by atoms with Crippen molar-refractivity contribution in [2.24, 2.45) is 0 Å². The summed E-state index contributed by atoms with van der Waals surface area (Å²) >= 11 is 2.02. The summed E-state index contributed by atoms with van der Waals surface area (Å²) in [6.07, 6.45) is 4.19. The lowest BCUT2D eigenvalue weighted by molar-refractivity contribution is 0.664. The molecule has 0 bridgehead atoms. The van der Waals surface area contributed by atoms with Crippen LogP contribution >= 0.6 is 11.8 Å². The highest BCUT2D eigenvalue weighted by molar-refractivity contribution is 7.99. The molecular weight excluding hydrogens is 194 g/mol. The molecule has 1 aromatic heterocycles. The molecule has 1 fully saturated rings. The third-order valence-corrected chi connectivity index (χ3v) is 3.45. The fraction of sp³-hybridized carbons (Fsp3) is 0.500. The van der Waals surface area contributed by atoms with Gasteiger partial charge in [-0.15, -0.1) is 0 Å². The Morgan fingerprint density at radius 2 is 2.21 bits per heavy atom. The quantitative estimate of drug-likeness (QED) is 0.782. The minimum absolute atomic E-state index is 0.549. The van der Waals surface area contributed by atoms with Crippen LogP contribution in [0.4, 0.5) is 11.5 Å². The molecule has 0 saturated carbocycles. The fourth-order valence-corrected chi connectivity index (χ4v) is 2.68. The Kier molecular flexibility index (Phi) is 3.14. The van der Waals surface area contributed by atoms with Gasteiger partial charge in [-0.25, -0.2) is 4.98 Å². The Bertz CT molecular complexity index is 297. The van der Waals surface area contributed by atoms with Crippen LogP contribution in [0.2, 0.25) is 0 Å². The van der Waals surface area contributed by atoms with Crippen molar-refractivity contribution in [3.8, 4) is 0 Å². The molecular formula is C10H15N3S. The number of nitrogen functional groups attached to an aromatic ring is 1. The second-order valence-corrected chi connectivity index (χ2v) is 4.70. The first-order valence-corrected chi connectivity index (χ1v) is 6.06. The highest BCUT2D eigenvalue weighted by Gasteiger charge is 2.14. The van der Waals surface area contributed by atoms with Gasteiger partial charge in [-0.2, -0.15) is 11.8 Å². The Morgan fingerprint density at radius 1 is 1.43 bits per heavy atom. The molecule has 1 saturated heterocycles. The van der Waals surface area contributed by atoms with Gasteiger partial charge in [-0.3, -0.25) is 0 Å². The molecule has 1 aromatic rings. The van der Waals surface area contributed by atoms with Crippen molar-refractivity contribution in [3.05, 3.63) is 18.3 Å². The van der Waals surface area contributed by atoms with E-state index in [9.17, 15) is 0 Å². The zero-order valence-electron chi connectivity index (χ0n) is 8.07. The minimum atomic E-state index is 0.549. The van der Waals surface area contributed by atoms with Crippen LogP contribution in [0.5, 0.6) is 0 Å². The van der Waals surface area contributed by atoms with Gasteiger partial charge in [0.05, 0.1) is 5.69 Å². The summed E-state index contributed by atoms with van der Waals surface area (Å²) in [5.74, 6) is 3.32. The second kappa shape index (κ2) is 4.55. The standard InChI is InChI=1S/C10H15N3S/c11-9-2-1-5-12-10(9)13-8-3-6-14-7-4-8/h1-2,5,8H,3-4,6-7,11H2,(H,12,13). The Labute approximate surface area is 88.5 Å². The predicted octanol–water partition coefficient (Wildman–Crippen LogP) is 1.97. The van der Waals surface area contributed by atoms with Crippen LogP contribution in [-0.4, -0.2) is 22.5 Å². The molecule has 0 aliphatic carbocycles. The van der Waals surface area contributed by atoms with Crippen LogP contribution in [0.3, 0.4) is 0 Å². The molecule has 14 heavy (non-hydrogen) atoms. The number of hydrogen-bond acceptors (Lipinski definition) is 4. The third-order valence-electron chi connectivity index (χ3n) is 2.40. The number of nitrogens with one attached hydrogen (secondary N) is 1. The van der Waals surface area contributed by atoms with E-state index in [2.05, 4.69) is 10.3 Å². The van der Waals surface area contributed by atoms with Crippen molar-refractivity contribution in [2.75, 3.05) is 22.6 Å². The van der Waals surface area contributed by atoms with Gasteiger partial charge in [0.15, 0.2) is 0 Å². The van der Waals surface area contributed by atoms with Crippen LogP contribution in [-0.2, 0) is 0 Å². The van der Waals surface area contributed by atoms with Crippen molar-refractivity contribution in [3.63, 3.8) is 0 Å². The molecule has 2 heterocycles. The van der Waals surface area contributed by atoms with E-state index in [4.69, 9.17) is 5.73 Å². The summed E-state index contributed by atoms with van der Waals surface area (Å²) in [5, 5.41) is 3.40. The molecule has 4 heteroatoms. The first-order chi connectivity index (χ1) is 6.86. The lowest BCUT2D eigenvalue weighted by Crippen LogP contribution is -2.25. The number of rotatable bonds is 2. The van der Waals surface area contributed by atoms with Gasteiger partial charge in [-0.1, -0.05) is 0 Å². The molecule has 0 unspecified atom stereocenters. The average Bonchev–Trinajstić information content (AvgIpc) is 2.23. The highest BCUT2D eigenvalue weighted by Crippen LogP contribution is 2.22. The molecule has 0 atom stereocenters. The van der Waals surface area contributed by atoms with Gasteiger partial charge in [-0.05, 0) is 36.5 Å². The molecule has 1 aliphatic rings. The normalized spacial score (nSPS) is 18.0. The SMILES string of the molecule is Nc1cccnc1NC1CCSCC1. The molecule has 0 amide bonds. The van der Waals surface area contributed by atoms with Crippen molar-refractivity contribution in [2.45, 2.75) is 18.9 Å². The maximum atomic E-state index is 5.81. The number of hydrogen-bond donors (Lipinski definition) is 2. The van der Waals surface area contributed by atoms with E-state index in [1.54, 1.807) is 6.20 Å². The summed E-state index contributed by atoms with van der Waals surface area (Å²) in [7, 11) is 0. The minimum Gasteiger partial charge on any atom is -0.396 e. The summed E-state index contributed by atoms with van der Waals surface area (Å²) in [6, 6.07) is 4.29. The maximum absolute atomic E-state index is 5.81. The van der Waals surface area contributed by atoms with E-state index in [0.717, 1.165) is 11.5 Å². The zero-order chi connectivity index (χ0) is 9.80. The Morgan fingerprint density at radius 3 is 2.93 bits per heavy atom. The van der Waals surface area contributed by atoms with E-state index in [1.807, 2.05) is 23.9 Å². The Balaban J connectivity index is 1.99. The van der Waals surface area contributed by atoms with Gasteiger partial charge in [0.25, 0.3) is 0 Å². The number of nitrogens with zero attached hydrogens (tertiary/aromatic N) is 1. The van der Waals surface area contributed by atoms with E-state index in [1.165, 1.54) is 24.3 Å². The van der Waals surface area contributed by atoms with Gasteiger partial charge in [0.1, 0.15) is 5.82 Å². The molecule has 0 aromatic carbocycles. The topological polar surface area (TPSA) is 50.9 Å². The summed E-state index contributed by atoms with van der Waals surface area (Å²) in [5.41, 5.74) is 6.55. The monoisotopic (exact) mass is 209 g/mol. The zero-order valence-corrected chi connectivity index (χ0v) is 8.89. The van der Waals surface area contributed by atoms with Crippen molar-refractivity contribution in [1.82, 2.24) is 4.98 Å². The highest BCUT2D eigenvalue weighted by atomic mass is 32.2. The number of aromatic nitrogens is 1. The van der Waals surface area contributed by atoms with E-state index in [-0.39, 0.29) is 0 Å². The largest absolute Gasteiger partial charge is 0.396 e. The molecule has 3 N–H and O–H groups in total. The molecule has 2 rings (SSSR count). The van der Waals surface area contributed by atoms with Crippen LogP contribution < -0.4 is 11.1 Å². The van der Waals surface area contributed by atoms with Crippen LogP contribution in [0.25, 0.3) is 0 Å². The smallest absolute Gasteiger partial charge is 0.149 e. The Hall–Kier alpha value is -0.900. The lowest BCUT2D eigenvalue weighted by atomic mass is 10.1. The maximum Gasteiger partial charge on any atom is 0.149 e. The predicted molar refractivity (Wildman–Crippen MR) is 62.6 cm³/mol. The first kappa shape index (κ1) is 9.65. The van der Waals surface area contributed by atoms with Gasteiger partial charge >= 0.3 is 0 Å². The van der Waals surface area contributed by atoms with E-state index < -0.39 is 0 Å². The molecule has 0 spiro atoms. The first-order valence-electron chi connectivity index (χ1n) is 4.91. The van der Waals surface area contributed by atoms with Crippen LogP contribution in [0.1, 0.15) is 12.8 Å². The molecule has 76 valence electrons. The van der Waals surface area contributed by atoms with Crippen molar-refractivity contribution >= 4 is 23.3 Å². The third kappa shape index (κ3) is 2.32. The molecule has 1 aliphatic heterocycles. The van der Waals surface area contributed by atoms with Crippen molar-refractivity contribution < 1.29 is 0 Å². The lowest BCUT2D eigenvalue weighted by Gasteiger charge is -2.23. The van der Waals surface area contributed by atoms with E-state index >= 15 is 0 Å². The number of nitrogens with two attached hydrogens (primary N) is 1. The number of thioether (sulfide) groups is 1. The number of pyridine rings is 1. The number of anilines is 2. The summed E-state index contributed by atoms with van der Waals surface area (Å²) in [4.78, 5) is 4.23. The van der Waals surface area contributed by atoms with Crippen LogP contribution in [0.15, 0.2) is 18.3 Å². The van der Waals surface area contributed by atoms with Crippen molar-refractivity contribution in [1.29, 1.82) is 0 Å². The molecule has 3 nitrogen and oxygen atoms in total. The summed E-state index contributed by atoms with van der Waals surface area (Å²) < 4.78 is 0.